The lowest BCUT2D eigenvalue weighted by Gasteiger charge is -1.97. The molecule has 0 aromatic carbocycles. The first-order chi connectivity index (χ1) is 10.2. The highest BCUT2D eigenvalue weighted by Crippen LogP contribution is 2.26. The predicted octanol–water partition coefficient (Wildman–Crippen LogP) is 1.68. The summed E-state index contributed by atoms with van der Waals surface area (Å²) < 4.78 is 2.09. The molecule has 0 aliphatic carbocycles. The lowest BCUT2D eigenvalue weighted by Crippen LogP contribution is -2.15. The van der Waals surface area contributed by atoms with E-state index in [0.29, 0.717) is 27.5 Å². The topological polar surface area (TPSA) is 115 Å². The van der Waals surface area contributed by atoms with E-state index >= 15 is 0 Å². The second-order valence-corrected chi connectivity index (χ2v) is 7.36. The van der Waals surface area contributed by atoms with E-state index in [4.69, 9.17) is 5.73 Å². The van der Waals surface area contributed by atoms with Crippen LogP contribution >= 0.6 is 47.3 Å². The normalized spacial score (nSPS) is 10.8. The Kier molecular flexibility index (Phi) is 5.67. The van der Waals surface area contributed by atoms with Crippen molar-refractivity contribution in [3.8, 4) is 0 Å². The molecule has 3 heterocycles. The Morgan fingerprint density at radius 1 is 1.36 bits per heavy atom. The Morgan fingerprint density at radius 2 is 2.18 bits per heavy atom. The lowest BCUT2D eigenvalue weighted by molar-refractivity contribution is 0.844. The van der Waals surface area contributed by atoms with Gasteiger partial charge in [0.1, 0.15) is 0 Å². The first-order valence-electron chi connectivity index (χ1n) is 5.99. The van der Waals surface area contributed by atoms with Gasteiger partial charge < -0.3 is 5.73 Å². The van der Waals surface area contributed by atoms with Crippen LogP contribution in [0.3, 0.4) is 0 Å². The number of aromatic nitrogens is 6. The Morgan fingerprint density at radius 3 is 2.86 bits per heavy atom. The van der Waals surface area contributed by atoms with Gasteiger partial charge in [0, 0.05) is 11.8 Å². The van der Waals surface area contributed by atoms with Crippen LogP contribution < -0.4 is 11.3 Å². The quantitative estimate of drug-likeness (QED) is 0.645. The minimum absolute atomic E-state index is 0. The Labute approximate surface area is 143 Å². The molecule has 0 unspecified atom stereocenters. The molecule has 8 nitrogen and oxygen atoms in total. The van der Waals surface area contributed by atoms with Crippen LogP contribution in [0.1, 0.15) is 12.6 Å². The van der Waals surface area contributed by atoms with Gasteiger partial charge in [-0.1, -0.05) is 41.8 Å². The van der Waals surface area contributed by atoms with Gasteiger partial charge in [0.05, 0.1) is 5.69 Å². The molecule has 3 aromatic rings. The maximum absolute atomic E-state index is 12.0. The average molecular weight is 378 g/mol. The van der Waals surface area contributed by atoms with Crippen molar-refractivity contribution in [1.29, 1.82) is 0 Å². The molecular weight excluding hydrogens is 366 g/mol. The number of anilines is 1. The molecular formula is C10H12ClN7OS3. The summed E-state index contributed by atoms with van der Waals surface area (Å²) in [6.45, 7) is 2.02. The number of nitrogens with zero attached hydrogens (tertiary/aromatic N) is 5. The number of hydrogen-bond acceptors (Lipinski definition) is 9. The molecule has 0 aliphatic rings. The monoisotopic (exact) mass is 377 g/mol. The molecule has 0 bridgehead atoms. The number of H-pyrrole nitrogens is 1. The summed E-state index contributed by atoms with van der Waals surface area (Å²) in [6.07, 6.45) is 0. The van der Waals surface area contributed by atoms with E-state index < -0.39 is 0 Å². The van der Waals surface area contributed by atoms with Gasteiger partial charge in [-0.3, -0.25) is 9.89 Å². The summed E-state index contributed by atoms with van der Waals surface area (Å²) in [5.74, 6) is 1.77. The fourth-order valence-corrected chi connectivity index (χ4v) is 3.70. The van der Waals surface area contributed by atoms with Gasteiger partial charge in [-0.2, -0.15) is 9.50 Å². The van der Waals surface area contributed by atoms with Crippen LogP contribution in [0, 0.1) is 0 Å². The van der Waals surface area contributed by atoms with Crippen molar-refractivity contribution in [3.63, 3.8) is 0 Å². The van der Waals surface area contributed by atoms with E-state index in [-0.39, 0.29) is 18.0 Å². The smallest absolute Gasteiger partial charge is 0.274 e. The van der Waals surface area contributed by atoms with Gasteiger partial charge >= 0.3 is 0 Å². The molecule has 22 heavy (non-hydrogen) atoms. The molecule has 0 aliphatic heterocycles. The number of hydrogen-bond donors (Lipinski definition) is 2. The van der Waals surface area contributed by atoms with E-state index in [1.54, 1.807) is 0 Å². The Bertz CT molecular complexity index is 829. The van der Waals surface area contributed by atoms with E-state index in [9.17, 15) is 4.79 Å². The summed E-state index contributed by atoms with van der Waals surface area (Å²) in [6, 6.07) is 1.49. The van der Waals surface area contributed by atoms with E-state index in [0.717, 1.165) is 10.1 Å². The molecule has 3 N–H and O–H groups in total. The molecule has 0 saturated carbocycles. The molecule has 0 saturated heterocycles. The molecule has 3 rings (SSSR count). The largest absolute Gasteiger partial charge is 0.374 e. The van der Waals surface area contributed by atoms with Gasteiger partial charge in [0.2, 0.25) is 5.13 Å². The number of thioether (sulfide) groups is 2. The summed E-state index contributed by atoms with van der Waals surface area (Å²) in [5.41, 5.74) is 6.00. The fourth-order valence-electron chi connectivity index (χ4n) is 1.60. The zero-order valence-corrected chi connectivity index (χ0v) is 14.6. The number of nitrogen functional groups attached to an aromatic ring is 1. The highest BCUT2D eigenvalue weighted by molar-refractivity contribution is 8.00. The van der Waals surface area contributed by atoms with Gasteiger partial charge in [-0.25, -0.2) is 4.98 Å². The molecule has 0 spiro atoms. The second kappa shape index (κ2) is 7.31. The van der Waals surface area contributed by atoms with Gasteiger partial charge in [-0.05, 0) is 5.75 Å². The van der Waals surface area contributed by atoms with Crippen LogP contribution in [0.5, 0.6) is 0 Å². The molecule has 0 fully saturated rings. The number of rotatable bonds is 5. The highest BCUT2D eigenvalue weighted by Gasteiger charge is 2.09. The molecule has 0 amide bonds. The zero-order valence-electron chi connectivity index (χ0n) is 11.3. The molecule has 0 radical (unpaired) electrons. The van der Waals surface area contributed by atoms with Gasteiger partial charge in [0.25, 0.3) is 11.3 Å². The number of nitrogens with one attached hydrogen (secondary N) is 1. The van der Waals surface area contributed by atoms with Gasteiger partial charge in [-0.15, -0.1) is 22.6 Å². The third-order valence-electron chi connectivity index (χ3n) is 2.41. The van der Waals surface area contributed by atoms with Crippen LogP contribution in [0.2, 0.25) is 0 Å². The van der Waals surface area contributed by atoms with Crippen molar-refractivity contribution in [3.05, 3.63) is 22.1 Å². The van der Waals surface area contributed by atoms with E-state index in [1.807, 2.05) is 6.92 Å². The Hall–Kier alpha value is -1.30. The zero-order chi connectivity index (χ0) is 14.8. The standard InChI is InChI=1S/C10H11N7OS3.ClH/c1-2-19-9-13-8-12-5(3-6(18)17(8)16-9)4-20-10-15-14-7(11)21-10;/h3H,2,4H2,1H3,(H2,11,14)(H,12,13,16);1H. The summed E-state index contributed by atoms with van der Waals surface area (Å²) >= 11 is 4.27. The van der Waals surface area contributed by atoms with E-state index in [2.05, 4.69) is 25.3 Å². The third kappa shape index (κ3) is 3.72. The highest BCUT2D eigenvalue weighted by atomic mass is 35.5. The van der Waals surface area contributed by atoms with Crippen LogP contribution in [0.4, 0.5) is 5.13 Å². The van der Waals surface area contributed by atoms with E-state index in [1.165, 1.54) is 45.4 Å². The van der Waals surface area contributed by atoms with Crippen LogP contribution in [-0.4, -0.2) is 35.5 Å². The van der Waals surface area contributed by atoms with Crippen molar-refractivity contribution in [2.75, 3.05) is 11.5 Å². The minimum atomic E-state index is -0.178. The fraction of sp³-hybridized carbons (Fsp3) is 0.300. The first-order valence-corrected chi connectivity index (χ1v) is 8.77. The van der Waals surface area contributed by atoms with Crippen LogP contribution in [0.15, 0.2) is 20.4 Å². The van der Waals surface area contributed by atoms with Crippen LogP contribution in [-0.2, 0) is 5.75 Å². The summed E-state index contributed by atoms with van der Waals surface area (Å²) in [4.78, 5) is 20.7. The lowest BCUT2D eigenvalue weighted by atomic mass is 10.4. The predicted molar refractivity (Wildman–Crippen MR) is 91.1 cm³/mol. The van der Waals surface area contributed by atoms with Crippen molar-refractivity contribution in [2.45, 2.75) is 22.2 Å². The second-order valence-electron chi connectivity index (χ2n) is 3.88. The maximum atomic E-state index is 12.0. The van der Waals surface area contributed by atoms with Crippen LogP contribution in [0.25, 0.3) is 5.78 Å². The molecule has 118 valence electrons. The van der Waals surface area contributed by atoms with Crippen molar-refractivity contribution >= 4 is 58.2 Å². The summed E-state index contributed by atoms with van der Waals surface area (Å²) in [7, 11) is 0. The van der Waals surface area contributed by atoms with Crippen molar-refractivity contribution < 1.29 is 0 Å². The molecule has 12 heteroatoms. The maximum Gasteiger partial charge on any atom is 0.274 e. The first kappa shape index (κ1) is 17.1. The number of fused-ring (bicyclic) bond motifs is 1. The minimum Gasteiger partial charge on any atom is -0.374 e. The molecule has 3 aromatic heterocycles. The summed E-state index contributed by atoms with van der Waals surface area (Å²) in [5, 5.41) is 11.7. The number of nitrogens with two attached hydrogens (primary N) is 1. The van der Waals surface area contributed by atoms with Crippen molar-refractivity contribution in [2.24, 2.45) is 0 Å². The number of halogens is 1. The average Bonchev–Trinajstić information content (AvgIpc) is 3.03. The number of aromatic amines is 1. The Balaban J connectivity index is 0.00000176. The third-order valence-corrected chi connectivity index (χ3v) is 5.07. The van der Waals surface area contributed by atoms with Gasteiger partial charge in [0.15, 0.2) is 9.50 Å². The molecule has 0 atom stereocenters. The SMILES string of the molecule is CCSc1nc2nc(CSc3nnc(N)s3)cc(=O)n2[nH]1.Cl. The van der Waals surface area contributed by atoms with Crippen molar-refractivity contribution in [1.82, 2.24) is 29.8 Å².